The zero-order chi connectivity index (χ0) is 14.6. The van der Waals surface area contributed by atoms with Crippen molar-refractivity contribution in [3.8, 4) is 0 Å². The predicted molar refractivity (Wildman–Crippen MR) is 77.2 cm³/mol. The number of rotatable bonds is 4. The van der Waals surface area contributed by atoms with Gasteiger partial charge in [-0.2, -0.15) is 0 Å². The van der Waals surface area contributed by atoms with Gasteiger partial charge in [0.2, 0.25) is 0 Å². The molecule has 0 radical (unpaired) electrons. The molecule has 0 saturated carbocycles. The zero-order valence-electron chi connectivity index (χ0n) is 10.7. The Morgan fingerprint density at radius 1 is 1.15 bits per heavy atom. The number of aryl methyl sites for hydroxylation is 1. The number of nitrogens with one attached hydrogen (secondary N) is 1. The van der Waals surface area contributed by atoms with Crippen molar-refractivity contribution < 1.29 is 8.42 Å². The maximum atomic E-state index is 12.3. The summed E-state index contributed by atoms with van der Waals surface area (Å²) in [4.78, 5) is 2.68. The van der Waals surface area contributed by atoms with Crippen LogP contribution in [0, 0.1) is 6.92 Å². The maximum Gasteiger partial charge on any atom is 0.261 e. The first-order valence-corrected chi connectivity index (χ1v) is 7.25. The molecule has 0 bridgehead atoms. The lowest BCUT2D eigenvalue weighted by Crippen LogP contribution is -2.13. The van der Waals surface area contributed by atoms with Crippen LogP contribution in [0.15, 0.2) is 58.5 Å². The molecule has 2 rings (SSSR count). The molecular formula is C13H12N4O2S. The maximum absolute atomic E-state index is 12.3. The minimum absolute atomic E-state index is 0.0469. The normalized spacial score (nSPS) is 10.7. The summed E-state index contributed by atoms with van der Waals surface area (Å²) in [7, 11) is -3.71. The summed E-state index contributed by atoms with van der Waals surface area (Å²) in [5.41, 5.74) is 9.97. The number of hydrogen-bond donors (Lipinski definition) is 1. The highest BCUT2D eigenvalue weighted by molar-refractivity contribution is 7.92. The van der Waals surface area contributed by atoms with Crippen LogP contribution in [0.3, 0.4) is 0 Å². The molecule has 0 fully saturated rings. The van der Waals surface area contributed by atoms with Crippen molar-refractivity contribution in [2.75, 3.05) is 4.72 Å². The van der Waals surface area contributed by atoms with E-state index in [2.05, 4.69) is 14.7 Å². The molecule has 0 aliphatic carbocycles. The van der Waals surface area contributed by atoms with Crippen molar-refractivity contribution in [3.63, 3.8) is 0 Å². The molecule has 20 heavy (non-hydrogen) atoms. The highest BCUT2D eigenvalue weighted by Gasteiger charge is 2.15. The van der Waals surface area contributed by atoms with Crippen LogP contribution in [0.4, 0.5) is 11.4 Å². The quantitative estimate of drug-likeness (QED) is 0.527. The van der Waals surface area contributed by atoms with E-state index in [1.807, 2.05) is 19.1 Å². The fourth-order valence-corrected chi connectivity index (χ4v) is 2.83. The highest BCUT2D eigenvalue weighted by Crippen LogP contribution is 2.22. The van der Waals surface area contributed by atoms with Gasteiger partial charge in [0, 0.05) is 10.6 Å². The van der Waals surface area contributed by atoms with Crippen molar-refractivity contribution >= 4 is 21.4 Å². The summed E-state index contributed by atoms with van der Waals surface area (Å²) in [5.74, 6) is 0. The number of anilines is 1. The average Bonchev–Trinajstić information content (AvgIpc) is 2.42. The fourth-order valence-electron chi connectivity index (χ4n) is 1.66. The van der Waals surface area contributed by atoms with E-state index in [-0.39, 0.29) is 10.6 Å². The number of azide groups is 1. The molecule has 7 heteroatoms. The van der Waals surface area contributed by atoms with Crippen LogP contribution in [-0.4, -0.2) is 8.42 Å². The van der Waals surface area contributed by atoms with Crippen LogP contribution in [0.2, 0.25) is 0 Å². The first kappa shape index (κ1) is 13.9. The molecule has 0 spiro atoms. The van der Waals surface area contributed by atoms with Gasteiger partial charge in [0.25, 0.3) is 10.0 Å². The van der Waals surface area contributed by atoms with Crippen LogP contribution in [0.1, 0.15) is 5.56 Å². The van der Waals surface area contributed by atoms with Crippen molar-refractivity contribution in [2.45, 2.75) is 11.8 Å². The van der Waals surface area contributed by atoms with Gasteiger partial charge >= 0.3 is 0 Å². The molecule has 0 aliphatic heterocycles. The van der Waals surface area contributed by atoms with Gasteiger partial charge < -0.3 is 0 Å². The lowest BCUT2D eigenvalue weighted by molar-refractivity contribution is 0.601. The van der Waals surface area contributed by atoms with E-state index in [0.29, 0.717) is 5.69 Å². The molecule has 0 unspecified atom stereocenters. The molecular weight excluding hydrogens is 276 g/mol. The molecule has 0 atom stereocenters. The van der Waals surface area contributed by atoms with Crippen LogP contribution >= 0.6 is 0 Å². The average molecular weight is 288 g/mol. The van der Waals surface area contributed by atoms with Gasteiger partial charge in [-0.15, -0.1) is 0 Å². The number of sulfonamides is 1. The smallest absolute Gasteiger partial charge is 0.261 e. The van der Waals surface area contributed by atoms with Crippen molar-refractivity contribution in [2.24, 2.45) is 5.11 Å². The Balaban J connectivity index is 2.38. The van der Waals surface area contributed by atoms with Gasteiger partial charge in [-0.05, 0) is 36.2 Å². The molecule has 102 valence electrons. The third kappa shape index (κ3) is 3.09. The molecule has 2 aromatic rings. The van der Waals surface area contributed by atoms with Gasteiger partial charge in [-0.3, -0.25) is 4.72 Å². The van der Waals surface area contributed by atoms with Crippen molar-refractivity contribution in [1.82, 2.24) is 0 Å². The fraction of sp³-hybridized carbons (Fsp3) is 0.0769. The number of para-hydroxylation sites is 1. The van der Waals surface area contributed by atoms with E-state index >= 15 is 0 Å². The molecule has 0 aromatic heterocycles. The van der Waals surface area contributed by atoms with Crippen molar-refractivity contribution in [3.05, 3.63) is 64.5 Å². The molecule has 1 N–H and O–H groups in total. The largest absolute Gasteiger partial charge is 0.279 e. The molecule has 0 aliphatic rings. The standard InChI is InChI=1S/C13H12N4O2S/c1-10-5-2-3-8-13(10)16-20(18,19)12-7-4-6-11(9-12)15-17-14/h2-9,16H,1H3. The van der Waals surface area contributed by atoms with E-state index < -0.39 is 10.0 Å². The van der Waals surface area contributed by atoms with Crippen molar-refractivity contribution in [1.29, 1.82) is 0 Å². The first-order valence-electron chi connectivity index (χ1n) is 5.76. The topological polar surface area (TPSA) is 94.9 Å². The Morgan fingerprint density at radius 3 is 2.60 bits per heavy atom. The number of hydrogen-bond acceptors (Lipinski definition) is 3. The highest BCUT2D eigenvalue weighted by atomic mass is 32.2. The number of benzene rings is 2. The van der Waals surface area contributed by atoms with Crippen LogP contribution in [0.5, 0.6) is 0 Å². The third-order valence-electron chi connectivity index (χ3n) is 2.68. The second-order valence-electron chi connectivity index (χ2n) is 4.11. The Morgan fingerprint density at radius 2 is 1.90 bits per heavy atom. The predicted octanol–water partition coefficient (Wildman–Crippen LogP) is 3.74. The third-order valence-corrected chi connectivity index (χ3v) is 4.04. The Bertz CT molecular complexity index is 780. The van der Waals surface area contributed by atoms with E-state index in [0.717, 1.165) is 5.56 Å². The lowest BCUT2D eigenvalue weighted by atomic mass is 10.2. The summed E-state index contributed by atoms with van der Waals surface area (Å²) in [6.07, 6.45) is 0. The van der Waals surface area contributed by atoms with Gasteiger partial charge in [-0.25, -0.2) is 8.42 Å². The summed E-state index contributed by atoms with van der Waals surface area (Å²) < 4.78 is 27.0. The molecule has 2 aromatic carbocycles. The SMILES string of the molecule is Cc1ccccc1NS(=O)(=O)c1cccc(N=[N+]=[N-])c1. The van der Waals surface area contributed by atoms with Gasteiger partial charge in [0.05, 0.1) is 10.6 Å². The molecule has 6 nitrogen and oxygen atoms in total. The Hall–Kier alpha value is -2.50. The van der Waals surface area contributed by atoms with E-state index in [9.17, 15) is 8.42 Å². The van der Waals surface area contributed by atoms with Gasteiger partial charge in [0.15, 0.2) is 0 Å². The van der Waals surface area contributed by atoms with Crippen LogP contribution < -0.4 is 4.72 Å². The summed E-state index contributed by atoms with van der Waals surface area (Å²) in [6.45, 7) is 1.81. The minimum atomic E-state index is -3.71. The van der Waals surface area contributed by atoms with E-state index in [1.54, 1.807) is 12.1 Å². The lowest BCUT2D eigenvalue weighted by Gasteiger charge is -2.10. The molecule has 0 amide bonds. The molecule has 0 saturated heterocycles. The first-order chi connectivity index (χ1) is 9.53. The van der Waals surface area contributed by atoms with Gasteiger partial charge in [0.1, 0.15) is 0 Å². The molecule has 0 heterocycles. The second kappa shape index (κ2) is 5.64. The summed E-state index contributed by atoms with van der Waals surface area (Å²) >= 11 is 0. The second-order valence-corrected chi connectivity index (χ2v) is 5.79. The summed E-state index contributed by atoms with van der Waals surface area (Å²) in [5, 5.41) is 3.39. The monoisotopic (exact) mass is 288 g/mol. The zero-order valence-corrected chi connectivity index (χ0v) is 11.5. The van der Waals surface area contributed by atoms with E-state index in [4.69, 9.17) is 5.53 Å². The van der Waals surface area contributed by atoms with Crippen LogP contribution in [-0.2, 0) is 10.0 Å². The Labute approximate surface area is 116 Å². The van der Waals surface area contributed by atoms with Crippen LogP contribution in [0.25, 0.3) is 10.4 Å². The minimum Gasteiger partial charge on any atom is -0.279 e. The Kier molecular flexibility index (Phi) is 3.93. The van der Waals surface area contributed by atoms with Gasteiger partial charge in [-0.1, -0.05) is 35.4 Å². The van der Waals surface area contributed by atoms with E-state index in [1.165, 1.54) is 24.3 Å². The summed E-state index contributed by atoms with van der Waals surface area (Å²) in [6, 6.07) is 12.9. The number of nitrogens with zero attached hydrogens (tertiary/aromatic N) is 3.